The van der Waals surface area contributed by atoms with Gasteiger partial charge in [0.2, 0.25) is 5.91 Å². The van der Waals surface area contributed by atoms with E-state index in [9.17, 15) is 4.79 Å². The van der Waals surface area contributed by atoms with Gasteiger partial charge in [-0.3, -0.25) is 14.7 Å². The van der Waals surface area contributed by atoms with Crippen LogP contribution in [0.1, 0.15) is 12.0 Å². The zero-order valence-corrected chi connectivity index (χ0v) is 12.4. The number of nitrogens with zero attached hydrogens (tertiary/aromatic N) is 3. The molecule has 4 nitrogen and oxygen atoms in total. The number of para-hydroxylation sites is 1. The van der Waals surface area contributed by atoms with Crippen LogP contribution in [0.3, 0.4) is 0 Å². The van der Waals surface area contributed by atoms with Crippen molar-refractivity contribution in [2.75, 3.05) is 11.9 Å². The number of pyridine rings is 2. The van der Waals surface area contributed by atoms with Gasteiger partial charge in [0.25, 0.3) is 0 Å². The summed E-state index contributed by atoms with van der Waals surface area (Å²) in [6.07, 6.45) is 4.64. The van der Waals surface area contributed by atoms with E-state index in [1.54, 1.807) is 18.1 Å². The second kappa shape index (κ2) is 6.35. The minimum atomic E-state index is 0.0480. The molecule has 0 radical (unpaired) electrons. The van der Waals surface area contributed by atoms with Crippen molar-refractivity contribution in [3.05, 3.63) is 66.5 Å². The molecule has 4 heteroatoms. The molecule has 2 aromatic heterocycles. The first-order valence-corrected chi connectivity index (χ1v) is 7.25. The molecule has 1 aromatic carbocycles. The number of amides is 1. The maximum atomic E-state index is 12.2. The van der Waals surface area contributed by atoms with Crippen LogP contribution in [-0.4, -0.2) is 22.9 Å². The summed E-state index contributed by atoms with van der Waals surface area (Å²) in [6, 6.07) is 15.6. The predicted molar refractivity (Wildman–Crippen MR) is 87.7 cm³/mol. The van der Waals surface area contributed by atoms with Crippen LogP contribution in [0.4, 0.5) is 5.82 Å². The largest absolute Gasteiger partial charge is 0.300 e. The molecule has 3 rings (SSSR count). The van der Waals surface area contributed by atoms with E-state index in [0.29, 0.717) is 18.7 Å². The lowest BCUT2D eigenvalue weighted by atomic mass is 10.1. The molecular weight excluding hydrogens is 274 g/mol. The van der Waals surface area contributed by atoms with Crippen molar-refractivity contribution in [1.82, 2.24) is 9.97 Å². The van der Waals surface area contributed by atoms with Crippen LogP contribution in [0.25, 0.3) is 10.9 Å². The van der Waals surface area contributed by atoms with Gasteiger partial charge in [-0.2, -0.15) is 0 Å². The standard InChI is InChI=1S/C18H17N3O/c1-21(17-8-4-5-11-19-17)18(22)10-9-14-12-15-6-2-3-7-16(15)20-13-14/h2-8,11-13H,9-10H2,1H3. The highest BCUT2D eigenvalue weighted by Gasteiger charge is 2.11. The molecule has 0 aliphatic heterocycles. The van der Waals surface area contributed by atoms with Gasteiger partial charge in [-0.05, 0) is 36.2 Å². The third-order valence-electron chi connectivity index (χ3n) is 3.64. The van der Waals surface area contributed by atoms with Gasteiger partial charge in [0.1, 0.15) is 5.82 Å². The average Bonchev–Trinajstić information content (AvgIpc) is 2.59. The lowest BCUT2D eigenvalue weighted by Gasteiger charge is -2.15. The molecule has 0 saturated heterocycles. The summed E-state index contributed by atoms with van der Waals surface area (Å²) < 4.78 is 0. The van der Waals surface area contributed by atoms with Gasteiger partial charge in [-0.25, -0.2) is 4.98 Å². The van der Waals surface area contributed by atoms with Gasteiger partial charge in [0.15, 0.2) is 0 Å². The Labute approximate surface area is 129 Å². The third-order valence-corrected chi connectivity index (χ3v) is 3.64. The zero-order valence-electron chi connectivity index (χ0n) is 12.4. The first-order valence-electron chi connectivity index (χ1n) is 7.25. The number of rotatable bonds is 4. The molecular formula is C18H17N3O. The summed E-state index contributed by atoms with van der Waals surface area (Å²) in [5.41, 5.74) is 2.05. The van der Waals surface area contributed by atoms with Crippen LogP contribution in [-0.2, 0) is 11.2 Å². The number of benzene rings is 1. The normalized spacial score (nSPS) is 10.6. The van der Waals surface area contributed by atoms with E-state index < -0.39 is 0 Å². The van der Waals surface area contributed by atoms with Crippen molar-refractivity contribution in [2.24, 2.45) is 0 Å². The van der Waals surface area contributed by atoms with Crippen LogP contribution in [0, 0.1) is 0 Å². The highest BCUT2D eigenvalue weighted by Crippen LogP contribution is 2.15. The SMILES string of the molecule is CN(C(=O)CCc1cnc2ccccc2c1)c1ccccn1. The number of carbonyl (C=O) groups excluding carboxylic acids is 1. The molecule has 0 spiro atoms. The fourth-order valence-corrected chi connectivity index (χ4v) is 2.35. The Morgan fingerprint density at radius 2 is 1.91 bits per heavy atom. The van der Waals surface area contributed by atoms with E-state index in [-0.39, 0.29) is 5.91 Å². The lowest BCUT2D eigenvalue weighted by Crippen LogP contribution is -2.27. The molecule has 0 bridgehead atoms. The third kappa shape index (κ3) is 3.11. The van der Waals surface area contributed by atoms with Crippen LogP contribution < -0.4 is 4.90 Å². The monoisotopic (exact) mass is 291 g/mol. The molecule has 110 valence electrons. The first kappa shape index (κ1) is 14.2. The fourth-order valence-electron chi connectivity index (χ4n) is 2.35. The Bertz CT molecular complexity index is 786. The van der Waals surface area contributed by atoms with E-state index in [0.717, 1.165) is 16.5 Å². The van der Waals surface area contributed by atoms with Crippen molar-refractivity contribution in [3.8, 4) is 0 Å². The average molecular weight is 291 g/mol. The summed E-state index contributed by atoms with van der Waals surface area (Å²) in [4.78, 5) is 22.5. The smallest absolute Gasteiger partial charge is 0.228 e. The van der Waals surface area contributed by atoms with Crippen molar-refractivity contribution in [3.63, 3.8) is 0 Å². The zero-order chi connectivity index (χ0) is 15.4. The predicted octanol–water partition coefficient (Wildman–Crippen LogP) is 3.23. The van der Waals surface area contributed by atoms with Gasteiger partial charge in [-0.1, -0.05) is 24.3 Å². The molecule has 1 amide bonds. The molecule has 0 N–H and O–H groups in total. The van der Waals surface area contributed by atoms with Gasteiger partial charge < -0.3 is 0 Å². The Balaban J connectivity index is 1.67. The van der Waals surface area contributed by atoms with Gasteiger partial charge in [0, 0.05) is 31.2 Å². The van der Waals surface area contributed by atoms with E-state index in [1.807, 2.05) is 48.7 Å². The van der Waals surface area contributed by atoms with Crippen LogP contribution in [0.2, 0.25) is 0 Å². The Kier molecular flexibility index (Phi) is 4.10. The van der Waals surface area contributed by atoms with Gasteiger partial charge in [0.05, 0.1) is 5.52 Å². The summed E-state index contributed by atoms with van der Waals surface area (Å²) >= 11 is 0. The Morgan fingerprint density at radius 3 is 2.73 bits per heavy atom. The quantitative estimate of drug-likeness (QED) is 0.741. The first-order chi connectivity index (χ1) is 10.7. The molecule has 0 unspecified atom stereocenters. The summed E-state index contributed by atoms with van der Waals surface area (Å²) in [5, 5.41) is 1.10. The van der Waals surface area contributed by atoms with Crippen LogP contribution in [0.5, 0.6) is 0 Å². The molecule has 0 saturated carbocycles. The second-order valence-electron chi connectivity index (χ2n) is 5.18. The number of hydrogen-bond donors (Lipinski definition) is 0. The highest BCUT2D eigenvalue weighted by molar-refractivity contribution is 5.92. The number of aromatic nitrogens is 2. The minimum Gasteiger partial charge on any atom is -0.300 e. The molecule has 3 aromatic rings. The summed E-state index contributed by atoms with van der Waals surface area (Å²) in [5.74, 6) is 0.719. The van der Waals surface area contributed by atoms with Crippen LogP contribution >= 0.6 is 0 Å². The maximum absolute atomic E-state index is 12.2. The second-order valence-corrected chi connectivity index (χ2v) is 5.18. The highest BCUT2D eigenvalue weighted by atomic mass is 16.2. The number of anilines is 1. The van der Waals surface area contributed by atoms with Crippen LogP contribution in [0.15, 0.2) is 60.9 Å². The fraction of sp³-hybridized carbons (Fsp3) is 0.167. The van der Waals surface area contributed by atoms with E-state index in [4.69, 9.17) is 0 Å². The molecule has 0 atom stereocenters. The lowest BCUT2D eigenvalue weighted by molar-refractivity contribution is -0.118. The number of aryl methyl sites for hydroxylation is 1. The number of hydrogen-bond acceptors (Lipinski definition) is 3. The van der Waals surface area contributed by atoms with Crippen molar-refractivity contribution >= 4 is 22.6 Å². The topological polar surface area (TPSA) is 46.1 Å². The maximum Gasteiger partial charge on any atom is 0.228 e. The van der Waals surface area contributed by atoms with Crippen molar-refractivity contribution < 1.29 is 4.79 Å². The van der Waals surface area contributed by atoms with Crippen molar-refractivity contribution in [1.29, 1.82) is 0 Å². The van der Waals surface area contributed by atoms with Crippen molar-refractivity contribution in [2.45, 2.75) is 12.8 Å². The molecule has 22 heavy (non-hydrogen) atoms. The Hall–Kier alpha value is -2.75. The summed E-state index contributed by atoms with van der Waals surface area (Å²) in [6.45, 7) is 0. The summed E-state index contributed by atoms with van der Waals surface area (Å²) in [7, 11) is 1.75. The van der Waals surface area contributed by atoms with E-state index >= 15 is 0 Å². The van der Waals surface area contributed by atoms with Gasteiger partial charge >= 0.3 is 0 Å². The number of carbonyl (C=O) groups is 1. The molecule has 0 aliphatic carbocycles. The minimum absolute atomic E-state index is 0.0480. The molecule has 0 aliphatic rings. The molecule has 2 heterocycles. The van der Waals surface area contributed by atoms with Gasteiger partial charge in [-0.15, -0.1) is 0 Å². The number of fused-ring (bicyclic) bond motifs is 1. The molecule has 0 fully saturated rings. The van der Waals surface area contributed by atoms with E-state index in [2.05, 4.69) is 16.0 Å². The van der Waals surface area contributed by atoms with E-state index in [1.165, 1.54) is 0 Å². The Morgan fingerprint density at radius 1 is 1.09 bits per heavy atom.